The van der Waals surface area contributed by atoms with Gasteiger partial charge in [0, 0.05) is 5.41 Å². The quantitative estimate of drug-likeness (QED) is 0.726. The lowest BCUT2D eigenvalue weighted by Crippen LogP contribution is -2.33. The van der Waals surface area contributed by atoms with E-state index >= 15 is 0 Å². The summed E-state index contributed by atoms with van der Waals surface area (Å²) in [5.41, 5.74) is 3.77. The molecule has 110 valence electrons. The highest BCUT2D eigenvalue weighted by atomic mass is 16.3. The number of allylic oxidation sites excluding steroid dienone is 1. The molecule has 0 bridgehead atoms. The Labute approximate surface area is 119 Å². The predicted molar refractivity (Wildman–Crippen MR) is 81.9 cm³/mol. The van der Waals surface area contributed by atoms with Gasteiger partial charge >= 0.3 is 0 Å². The lowest BCUT2D eigenvalue weighted by Gasteiger charge is -2.39. The number of fused-ring (bicyclic) bond motifs is 1. The molecule has 4 atom stereocenters. The van der Waals surface area contributed by atoms with Crippen molar-refractivity contribution >= 4 is 0 Å². The molecular formula is C18H32O. The fourth-order valence-electron chi connectivity index (χ4n) is 4.36. The van der Waals surface area contributed by atoms with Crippen LogP contribution in [0.25, 0.3) is 0 Å². The molecule has 0 amide bonds. The molecule has 1 heteroatoms. The van der Waals surface area contributed by atoms with Crippen LogP contribution in [-0.2, 0) is 0 Å². The predicted octanol–water partition coefficient (Wildman–Crippen LogP) is 4.80. The second kappa shape index (κ2) is 4.10. The van der Waals surface area contributed by atoms with Gasteiger partial charge in [-0.2, -0.15) is 0 Å². The molecule has 2 fully saturated rings. The Hall–Kier alpha value is -0.300. The summed E-state index contributed by atoms with van der Waals surface area (Å²) >= 11 is 0. The fraction of sp³-hybridized carbons (Fsp3) is 0.889. The molecule has 0 heterocycles. The summed E-state index contributed by atoms with van der Waals surface area (Å²) in [6, 6.07) is 0. The Balaban J connectivity index is 2.33. The van der Waals surface area contributed by atoms with E-state index in [0.29, 0.717) is 16.7 Å². The Morgan fingerprint density at radius 1 is 1.21 bits per heavy atom. The summed E-state index contributed by atoms with van der Waals surface area (Å²) in [5.74, 6) is 1.62. The van der Waals surface area contributed by atoms with Gasteiger partial charge in [0.25, 0.3) is 0 Å². The first-order valence-corrected chi connectivity index (χ1v) is 7.82. The Bertz CT molecular complexity index is 413. The Morgan fingerprint density at radius 2 is 1.74 bits per heavy atom. The smallest absolute Gasteiger partial charge is 0.0600 e. The van der Waals surface area contributed by atoms with Gasteiger partial charge in [-0.25, -0.2) is 0 Å². The molecule has 0 aromatic carbocycles. The van der Waals surface area contributed by atoms with E-state index in [1.165, 1.54) is 24.0 Å². The number of aliphatic hydroxyl groups excluding tert-OH is 1. The van der Waals surface area contributed by atoms with Crippen molar-refractivity contribution in [2.45, 2.75) is 74.3 Å². The van der Waals surface area contributed by atoms with Crippen molar-refractivity contribution in [1.82, 2.24) is 0 Å². The van der Waals surface area contributed by atoms with Gasteiger partial charge in [-0.05, 0) is 56.3 Å². The van der Waals surface area contributed by atoms with E-state index in [-0.39, 0.29) is 11.5 Å². The van der Waals surface area contributed by atoms with E-state index in [2.05, 4.69) is 48.5 Å². The summed E-state index contributed by atoms with van der Waals surface area (Å²) < 4.78 is 0. The van der Waals surface area contributed by atoms with Gasteiger partial charge in [-0.15, -0.1) is 0 Å². The molecular weight excluding hydrogens is 232 g/mol. The molecule has 1 nitrogen and oxygen atoms in total. The molecule has 2 rings (SSSR count). The maximum Gasteiger partial charge on any atom is 0.0600 e. The normalized spacial score (nSPS) is 39.6. The van der Waals surface area contributed by atoms with Crippen LogP contribution in [0.1, 0.15) is 68.2 Å². The average Bonchev–Trinajstić information content (AvgIpc) is 2.91. The second-order valence-electron chi connectivity index (χ2n) is 8.53. The molecule has 0 radical (unpaired) electrons. The summed E-state index contributed by atoms with van der Waals surface area (Å²) in [5, 5.41) is 10.0. The van der Waals surface area contributed by atoms with E-state index in [1.54, 1.807) is 0 Å². The summed E-state index contributed by atoms with van der Waals surface area (Å²) in [6.07, 6.45) is 2.47. The van der Waals surface area contributed by atoms with Crippen molar-refractivity contribution in [1.29, 1.82) is 0 Å². The van der Waals surface area contributed by atoms with E-state index in [4.69, 9.17) is 0 Å². The third kappa shape index (κ3) is 1.92. The lowest BCUT2D eigenvalue weighted by atomic mass is 9.66. The maximum absolute atomic E-state index is 10.0. The molecule has 2 saturated carbocycles. The van der Waals surface area contributed by atoms with E-state index in [0.717, 1.165) is 5.92 Å². The van der Waals surface area contributed by atoms with Crippen LogP contribution < -0.4 is 0 Å². The standard InChI is InChI=1S/C18H32O/c1-11(12(2)16(4,5)13(3)19)15-9-14-10-18(14,8)17(15,6)7/h13-15,19H,9-10H2,1-8H3/b12-11+. The van der Waals surface area contributed by atoms with E-state index in [1.807, 2.05) is 6.92 Å². The maximum atomic E-state index is 10.0. The zero-order chi connectivity index (χ0) is 14.8. The lowest BCUT2D eigenvalue weighted by molar-refractivity contribution is 0.0887. The molecule has 0 spiro atoms. The third-order valence-corrected chi connectivity index (χ3v) is 7.40. The second-order valence-corrected chi connectivity index (χ2v) is 8.53. The van der Waals surface area contributed by atoms with Gasteiger partial charge in [-0.3, -0.25) is 0 Å². The number of aliphatic hydroxyl groups is 1. The van der Waals surface area contributed by atoms with Gasteiger partial charge < -0.3 is 5.11 Å². The van der Waals surface area contributed by atoms with Crippen molar-refractivity contribution in [3.63, 3.8) is 0 Å². The van der Waals surface area contributed by atoms with Crippen LogP contribution in [0.15, 0.2) is 11.1 Å². The molecule has 0 saturated heterocycles. The number of hydrogen-bond donors (Lipinski definition) is 1. The minimum atomic E-state index is -0.294. The van der Waals surface area contributed by atoms with Gasteiger partial charge in [0.1, 0.15) is 0 Å². The average molecular weight is 264 g/mol. The highest BCUT2D eigenvalue weighted by Gasteiger charge is 2.67. The topological polar surface area (TPSA) is 20.2 Å². The van der Waals surface area contributed by atoms with Crippen molar-refractivity contribution < 1.29 is 5.11 Å². The first-order chi connectivity index (χ1) is 8.46. The molecule has 0 aliphatic heterocycles. The van der Waals surface area contributed by atoms with Crippen LogP contribution >= 0.6 is 0 Å². The van der Waals surface area contributed by atoms with Gasteiger partial charge in [-0.1, -0.05) is 45.8 Å². The minimum absolute atomic E-state index is 0.117. The van der Waals surface area contributed by atoms with Crippen LogP contribution in [-0.4, -0.2) is 11.2 Å². The number of rotatable bonds is 3. The molecule has 0 aromatic rings. The molecule has 19 heavy (non-hydrogen) atoms. The van der Waals surface area contributed by atoms with Crippen LogP contribution in [0.4, 0.5) is 0 Å². The van der Waals surface area contributed by atoms with Crippen LogP contribution in [0, 0.1) is 28.1 Å². The Kier molecular flexibility index (Phi) is 3.26. The van der Waals surface area contributed by atoms with Gasteiger partial charge in [0.2, 0.25) is 0 Å². The molecule has 4 unspecified atom stereocenters. The first-order valence-electron chi connectivity index (χ1n) is 7.82. The monoisotopic (exact) mass is 264 g/mol. The van der Waals surface area contributed by atoms with E-state index < -0.39 is 0 Å². The fourth-order valence-corrected chi connectivity index (χ4v) is 4.36. The zero-order valence-corrected chi connectivity index (χ0v) is 14.1. The molecule has 2 aliphatic rings. The first kappa shape index (κ1) is 15.1. The zero-order valence-electron chi connectivity index (χ0n) is 14.1. The van der Waals surface area contributed by atoms with E-state index in [9.17, 15) is 5.11 Å². The summed E-state index contributed by atoms with van der Waals surface area (Å²) in [4.78, 5) is 0. The van der Waals surface area contributed by atoms with Crippen LogP contribution in [0.3, 0.4) is 0 Å². The summed E-state index contributed by atoms with van der Waals surface area (Å²) in [7, 11) is 0. The summed E-state index contributed by atoms with van der Waals surface area (Å²) in [6.45, 7) is 18.2. The largest absolute Gasteiger partial charge is 0.393 e. The minimum Gasteiger partial charge on any atom is -0.393 e. The Morgan fingerprint density at radius 3 is 2.11 bits per heavy atom. The highest BCUT2D eigenvalue weighted by Crippen LogP contribution is 2.75. The van der Waals surface area contributed by atoms with Gasteiger partial charge in [0.05, 0.1) is 6.10 Å². The SMILES string of the molecule is C/C(=C(/C)C(C)(C)C(C)O)C1CC2CC2(C)C1(C)C. The van der Waals surface area contributed by atoms with Crippen molar-refractivity contribution in [2.75, 3.05) is 0 Å². The number of hydrogen-bond acceptors (Lipinski definition) is 1. The van der Waals surface area contributed by atoms with Crippen molar-refractivity contribution in [2.24, 2.45) is 28.1 Å². The third-order valence-electron chi connectivity index (χ3n) is 7.40. The molecule has 1 N–H and O–H groups in total. The molecule has 0 aromatic heterocycles. The highest BCUT2D eigenvalue weighted by molar-refractivity contribution is 5.29. The van der Waals surface area contributed by atoms with Crippen molar-refractivity contribution in [3.8, 4) is 0 Å². The van der Waals surface area contributed by atoms with Crippen LogP contribution in [0.2, 0.25) is 0 Å². The van der Waals surface area contributed by atoms with Crippen molar-refractivity contribution in [3.05, 3.63) is 11.1 Å². The van der Waals surface area contributed by atoms with Crippen LogP contribution in [0.5, 0.6) is 0 Å². The van der Waals surface area contributed by atoms with Gasteiger partial charge in [0.15, 0.2) is 0 Å². The molecule has 2 aliphatic carbocycles.